The van der Waals surface area contributed by atoms with E-state index in [1.54, 1.807) is 51.1 Å². The quantitative estimate of drug-likeness (QED) is 0.228. The average molecular weight is 759 g/mol. The molecule has 2 aliphatic carbocycles. The van der Waals surface area contributed by atoms with E-state index in [2.05, 4.69) is 6.58 Å². The fourth-order valence-corrected chi connectivity index (χ4v) is 7.50. The van der Waals surface area contributed by atoms with Crippen LogP contribution in [0.4, 0.5) is 0 Å². The summed E-state index contributed by atoms with van der Waals surface area (Å²) < 4.78 is 40.9. The monoisotopic (exact) mass is 758 g/mol. The van der Waals surface area contributed by atoms with Crippen molar-refractivity contribution in [2.24, 2.45) is 17.3 Å². The average Bonchev–Trinajstić information content (AvgIpc) is 3.25. The molecule has 0 saturated heterocycles. The number of fused-ring (bicyclic) bond motifs is 1. The summed E-state index contributed by atoms with van der Waals surface area (Å²) in [5, 5.41) is 13.2. The maximum atomic E-state index is 13.8. The van der Waals surface area contributed by atoms with Crippen molar-refractivity contribution >= 4 is 41.8 Å². The number of esters is 7. The molecule has 1 fully saturated rings. The van der Waals surface area contributed by atoms with Gasteiger partial charge in [-0.2, -0.15) is 0 Å². The SMILES string of the molecule is C=C1C(OC(C)=O)C(OC(C)=O)C(OC(C)=O)C(C)(C)/C=C\C(C)C(OC(C)=O)C2(O)CC(C)(OC(C)=O)C(OC(=O)c3ccccc3)C2C1OC(C)=O. The standard InChI is InChI=1S/C39H50O15/c1-20-17-18-37(9,10)35(52-26(7)44)32(50-24(5)42)31(49-23(4)41)21(2)30(48-22(3)40)29-34(53-36(46)28-15-13-12-14-16-28)38(11,54-27(8)45)19-39(29,47)33(20)51-25(6)43/h12-18,20,29-35,47H,2,19H2,1,3-11H3/b18-17-. The molecule has 15 heteroatoms. The molecule has 296 valence electrons. The minimum atomic E-state index is -2.39. The number of hydrogen-bond acceptors (Lipinski definition) is 15. The van der Waals surface area contributed by atoms with E-state index in [0.717, 1.165) is 41.5 Å². The lowest BCUT2D eigenvalue weighted by molar-refractivity contribution is -0.198. The zero-order valence-corrected chi connectivity index (χ0v) is 32.2. The van der Waals surface area contributed by atoms with Crippen LogP contribution in [0, 0.1) is 17.3 Å². The van der Waals surface area contributed by atoms with Gasteiger partial charge in [0.2, 0.25) is 0 Å². The maximum Gasteiger partial charge on any atom is 0.338 e. The Labute approximate surface area is 314 Å². The first-order valence-electron chi connectivity index (χ1n) is 17.4. The Hall–Kier alpha value is -5.05. The fourth-order valence-electron chi connectivity index (χ4n) is 7.50. The minimum absolute atomic E-state index is 0.0705. The van der Waals surface area contributed by atoms with Crippen molar-refractivity contribution in [1.82, 2.24) is 0 Å². The summed E-state index contributed by atoms with van der Waals surface area (Å²) in [7, 11) is 0. The molecule has 0 aromatic heterocycles. The van der Waals surface area contributed by atoms with Gasteiger partial charge >= 0.3 is 41.8 Å². The summed E-state index contributed by atoms with van der Waals surface area (Å²) in [6.07, 6.45) is -7.30. The molecule has 0 radical (unpaired) electrons. The zero-order valence-electron chi connectivity index (χ0n) is 32.2. The third-order valence-corrected chi connectivity index (χ3v) is 9.42. The topological polar surface area (TPSA) is 204 Å². The molecular weight excluding hydrogens is 708 g/mol. The van der Waals surface area contributed by atoms with Crippen molar-refractivity contribution < 1.29 is 71.8 Å². The van der Waals surface area contributed by atoms with Crippen LogP contribution in [-0.2, 0) is 61.9 Å². The molecule has 0 aliphatic heterocycles. The van der Waals surface area contributed by atoms with Gasteiger partial charge in [0.15, 0.2) is 24.4 Å². The number of ether oxygens (including phenoxy) is 7. The molecule has 1 saturated carbocycles. The van der Waals surface area contributed by atoms with Crippen LogP contribution >= 0.6 is 0 Å². The van der Waals surface area contributed by atoms with Crippen molar-refractivity contribution in [3.63, 3.8) is 0 Å². The Balaban J connectivity index is 2.56. The Morgan fingerprint density at radius 1 is 0.667 bits per heavy atom. The second kappa shape index (κ2) is 17.0. The molecule has 1 aromatic carbocycles. The summed E-state index contributed by atoms with van der Waals surface area (Å²) in [5.41, 5.74) is -5.80. The molecule has 1 aromatic rings. The van der Waals surface area contributed by atoms with Crippen molar-refractivity contribution in [2.75, 3.05) is 0 Å². The van der Waals surface area contributed by atoms with Crippen molar-refractivity contribution in [3.05, 3.63) is 60.2 Å². The van der Waals surface area contributed by atoms with E-state index in [4.69, 9.17) is 33.2 Å². The zero-order chi connectivity index (χ0) is 40.9. The van der Waals surface area contributed by atoms with Gasteiger partial charge in [-0.05, 0) is 19.1 Å². The molecular formula is C39H50O15. The first kappa shape index (κ1) is 43.4. The Bertz CT molecular complexity index is 1660. The molecule has 15 nitrogen and oxygen atoms in total. The molecule has 3 rings (SSSR count). The molecule has 0 amide bonds. The number of carbonyl (C=O) groups excluding carboxylic acids is 7. The van der Waals surface area contributed by atoms with E-state index in [1.165, 1.54) is 19.1 Å². The number of carbonyl (C=O) groups is 7. The largest absolute Gasteiger partial charge is 0.459 e. The highest BCUT2D eigenvalue weighted by Crippen LogP contribution is 2.54. The minimum Gasteiger partial charge on any atom is -0.459 e. The predicted molar refractivity (Wildman–Crippen MR) is 188 cm³/mol. The van der Waals surface area contributed by atoms with Gasteiger partial charge in [0.25, 0.3) is 0 Å². The molecule has 54 heavy (non-hydrogen) atoms. The van der Waals surface area contributed by atoms with E-state index >= 15 is 0 Å². The number of benzene rings is 1. The van der Waals surface area contributed by atoms with E-state index < -0.39 is 113 Å². The Morgan fingerprint density at radius 2 is 1.17 bits per heavy atom. The van der Waals surface area contributed by atoms with Crippen molar-refractivity contribution in [2.45, 2.75) is 123 Å². The van der Waals surface area contributed by atoms with Crippen molar-refractivity contribution in [1.29, 1.82) is 0 Å². The molecule has 0 spiro atoms. The van der Waals surface area contributed by atoms with Gasteiger partial charge in [-0.25, -0.2) is 4.79 Å². The van der Waals surface area contributed by atoms with Gasteiger partial charge in [0, 0.05) is 64.9 Å². The summed E-state index contributed by atoms with van der Waals surface area (Å²) in [5.74, 6) is -8.76. The highest BCUT2D eigenvalue weighted by molar-refractivity contribution is 5.89. The highest BCUT2D eigenvalue weighted by Gasteiger charge is 2.70. The number of rotatable bonds is 8. The first-order valence-corrected chi connectivity index (χ1v) is 17.4. The van der Waals surface area contributed by atoms with Gasteiger partial charge in [-0.1, -0.05) is 57.7 Å². The first-order chi connectivity index (χ1) is 24.9. The second-order valence-electron chi connectivity index (χ2n) is 14.6. The highest BCUT2D eigenvalue weighted by atomic mass is 16.6. The van der Waals surface area contributed by atoms with Crippen LogP contribution < -0.4 is 0 Å². The van der Waals surface area contributed by atoms with Crippen LogP contribution in [0.25, 0.3) is 0 Å². The lowest BCUT2D eigenvalue weighted by Crippen LogP contribution is -2.60. The third kappa shape index (κ3) is 9.92. The van der Waals surface area contributed by atoms with Crippen LogP contribution in [0.5, 0.6) is 0 Å². The summed E-state index contributed by atoms with van der Waals surface area (Å²) in [6.45, 7) is 16.9. The number of aliphatic hydroxyl groups is 1. The van der Waals surface area contributed by atoms with Crippen LogP contribution in [0.15, 0.2) is 54.6 Å². The summed E-state index contributed by atoms with van der Waals surface area (Å²) in [6, 6.07) is 7.75. The van der Waals surface area contributed by atoms with E-state index in [0.29, 0.717) is 0 Å². The smallest absolute Gasteiger partial charge is 0.338 e. The van der Waals surface area contributed by atoms with Gasteiger partial charge < -0.3 is 38.3 Å². The lowest BCUT2D eigenvalue weighted by atomic mass is 9.71. The van der Waals surface area contributed by atoms with Crippen LogP contribution in [-0.4, -0.2) is 94.7 Å². The lowest BCUT2D eigenvalue weighted by Gasteiger charge is -2.46. The van der Waals surface area contributed by atoms with E-state index in [1.807, 2.05) is 0 Å². The van der Waals surface area contributed by atoms with Gasteiger partial charge in [-0.15, -0.1) is 0 Å². The van der Waals surface area contributed by atoms with Crippen LogP contribution in [0.2, 0.25) is 0 Å². The van der Waals surface area contributed by atoms with Gasteiger partial charge in [0.05, 0.1) is 11.5 Å². The molecule has 10 unspecified atom stereocenters. The molecule has 0 bridgehead atoms. The summed E-state index contributed by atoms with van der Waals surface area (Å²) >= 11 is 0. The fraction of sp³-hybridized carbons (Fsp3) is 0.564. The van der Waals surface area contributed by atoms with Gasteiger partial charge in [-0.3, -0.25) is 28.8 Å². The van der Waals surface area contributed by atoms with E-state index in [-0.39, 0.29) is 11.1 Å². The van der Waals surface area contributed by atoms with Gasteiger partial charge in [0.1, 0.15) is 23.4 Å². The van der Waals surface area contributed by atoms with Crippen LogP contribution in [0.1, 0.15) is 86.0 Å². The van der Waals surface area contributed by atoms with E-state index in [9.17, 15) is 38.7 Å². The number of hydrogen-bond donors (Lipinski definition) is 1. The third-order valence-electron chi connectivity index (χ3n) is 9.42. The molecule has 10 atom stereocenters. The molecule has 0 heterocycles. The predicted octanol–water partition coefficient (Wildman–Crippen LogP) is 3.73. The Kier molecular flexibility index (Phi) is 13.6. The second-order valence-corrected chi connectivity index (χ2v) is 14.6. The molecule has 1 N–H and O–H groups in total. The normalized spacial score (nSPS) is 32.5. The summed E-state index contributed by atoms with van der Waals surface area (Å²) in [4.78, 5) is 90.5. The van der Waals surface area contributed by atoms with Crippen LogP contribution in [0.3, 0.4) is 0 Å². The Morgan fingerprint density at radius 3 is 1.67 bits per heavy atom. The molecule has 2 aliphatic rings. The van der Waals surface area contributed by atoms with Crippen molar-refractivity contribution in [3.8, 4) is 0 Å². The maximum absolute atomic E-state index is 13.8.